The number of amides is 1. The van der Waals surface area contributed by atoms with Gasteiger partial charge in [-0.2, -0.15) is 0 Å². The molecule has 1 heterocycles. The molecule has 6 nitrogen and oxygen atoms in total. The maximum atomic E-state index is 13.7. The number of halogens is 2. The second kappa shape index (κ2) is 11.0. The molecule has 1 aliphatic carbocycles. The topological polar surface area (TPSA) is 75.7 Å². The number of anilines is 1. The number of aryl methyl sites for hydroxylation is 1. The number of para-hydroxylation sites is 1. The molecule has 1 saturated carbocycles. The highest BCUT2D eigenvalue weighted by Gasteiger charge is 2.34. The molecule has 1 aromatic heterocycles. The normalized spacial score (nSPS) is 13.2. The van der Waals surface area contributed by atoms with Crippen molar-refractivity contribution in [3.63, 3.8) is 0 Å². The summed E-state index contributed by atoms with van der Waals surface area (Å²) >= 11 is 14.0. The Kier molecular flexibility index (Phi) is 7.68. The molecule has 1 aliphatic rings. The minimum atomic E-state index is -4.01. The van der Waals surface area contributed by atoms with Gasteiger partial charge in [-0.3, -0.25) is 9.52 Å². The molecule has 0 bridgehead atoms. The fourth-order valence-electron chi connectivity index (χ4n) is 3.97. The van der Waals surface area contributed by atoms with Gasteiger partial charge in [0.2, 0.25) is 0 Å². The number of hydrogen-bond acceptors (Lipinski definition) is 5. The van der Waals surface area contributed by atoms with Gasteiger partial charge < -0.3 is 9.64 Å². The second-order valence-electron chi connectivity index (χ2n) is 8.98. The summed E-state index contributed by atoms with van der Waals surface area (Å²) in [6.07, 6.45) is 1.83. The molecular formula is C28H24Cl2N2O4S2. The first-order valence-corrected chi connectivity index (χ1v) is 15.0. The average molecular weight is 588 g/mol. The number of sulfonamides is 1. The van der Waals surface area contributed by atoms with E-state index < -0.39 is 10.0 Å². The Morgan fingerprint density at radius 1 is 1.03 bits per heavy atom. The zero-order valence-electron chi connectivity index (χ0n) is 20.4. The van der Waals surface area contributed by atoms with Crippen LogP contribution in [-0.2, 0) is 16.6 Å². The van der Waals surface area contributed by atoms with Crippen LogP contribution in [0.2, 0.25) is 10.0 Å². The molecule has 5 rings (SSSR count). The van der Waals surface area contributed by atoms with Crippen molar-refractivity contribution in [2.45, 2.75) is 37.2 Å². The Bertz CT molecular complexity index is 1580. The molecule has 196 valence electrons. The van der Waals surface area contributed by atoms with E-state index in [1.165, 1.54) is 29.1 Å². The summed E-state index contributed by atoms with van der Waals surface area (Å²) in [4.78, 5) is 17.8. The van der Waals surface area contributed by atoms with Gasteiger partial charge in [-0.15, -0.1) is 11.3 Å². The summed E-state index contributed by atoms with van der Waals surface area (Å²) in [6.45, 7) is 2.49. The second-order valence-corrected chi connectivity index (χ2v) is 12.9. The number of carbonyl (C=O) groups is 1. The van der Waals surface area contributed by atoms with Crippen molar-refractivity contribution in [3.05, 3.63) is 104 Å². The van der Waals surface area contributed by atoms with Crippen molar-refractivity contribution in [1.29, 1.82) is 0 Å². The van der Waals surface area contributed by atoms with E-state index in [4.69, 9.17) is 27.9 Å². The van der Waals surface area contributed by atoms with Crippen molar-refractivity contribution in [2.24, 2.45) is 0 Å². The fourth-order valence-corrected chi connectivity index (χ4v) is 6.29. The Morgan fingerprint density at radius 2 is 1.76 bits per heavy atom. The quantitative estimate of drug-likeness (QED) is 0.217. The summed E-state index contributed by atoms with van der Waals surface area (Å²) in [5.41, 5.74) is 0.378. The Balaban J connectivity index is 1.38. The molecule has 1 N–H and O–H groups in total. The van der Waals surface area contributed by atoms with E-state index in [0.717, 1.165) is 17.7 Å². The molecular weight excluding hydrogens is 563 g/mol. The van der Waals surface area contributed by atoms with Crippen molar-refractivity contribution >= 4 is 56.2 Å². The highest BCUT2D eigenvalue weighted by Crippen LogP contribution is 2.34. The third kappa shape index (κ3) is 6.15. The van der Waals surface area contributed by atoms with Gasteiger partial charge in [-0.25, -0.2) is 8.42 Å². The fraction of sp³-hybridized carbons (Fsp3) is 0.179. The van der Waals surface area contributed by atoms with Crippen molar-refractivity contribution in [3.8, 4) is 11.5 Å². The number of hydrogen-bond donors (Lipinski definition) is 1. The SMILES string of the molecule is Cc1ccc(CN(C(=O)c2cc(Cl)ccc2NS(=O)(=O)c2ccc(Oc3ccccc3Cl)cc2)C2CC2)s1. The van der Waals surface area contributed by atoms with Gasteiger partial charge in [0.25, 0.3) is 15.9 Å². The lowest BCUT2D eigenvalue weighted by molar-refractivity contribution is 0.0733. The standard InChI is InChI=1S/C28H24Cl2N2O4S2/c1-18-6-12-22(37-18)17-32(20-8-9-20)28(33)24-16-19(29)7-15-26(24)31-38(34,35)23-13-10-21(11-14-23)36-27-5-3-2-4-25(27)30/h2-7,10-16,20,31H,8-9,17H2,1H3. The minimum absolute atomic E-state index is 0.0190. The van der Waals surface area contributed by atoms with Crippen molar-refractivity contribution in [2.75, 3.05) is 4.72 Å². The monoisotopic (exact) mass is 586 g/mol. The Hall–Kier alpha value is -3.04. The van der Waals surface area contributed by atoms with Crippen LogP contribution in [0.5, 0.6) is 11.5 Å². The van der Waals surface area contributed by atoms with Crippen LogP contribution in [0, 0.1) is 6.92 Å². The molecule has 0 unspecified atom stereocenters. The lowest BCUT2D eigenvalue weighted by atomic mass is 10.1. The highest BCUT2D eigenvalue weighted by atomic mass is 35.5. The van der Waals surface area contributed by atoms with E-state index in [-0.39, 0.29) is 28.1 Å². The van der Waals surface area contributed by atoms with Crippen LogP contribution in [0.15, 0.2) is 83.8 Å². The van der Waals surface area contributed by atoms with E-state index in [0.29, 0.717) is 28.1 Å². The third-order valence-corrected chi connectivity index (χ3v) is 8.94. The van der Waals surface area contributed by atoms with Crippen molar-refractivity contribution < 1.29 is 17.9 Å². The van der Waals surface area contributed by atoms with Crippen LogP contribution in [0.25, 0.3) is 0 Å². The summed E-state index contributed by atoms with van der Waals surface area (Å²) < 4.78 is 34.9. The largest absolute Gasteiger partial charge is 0.456 e. The van der Waals surface area contributed by atoms with Crippen LogP contribution >= 0.6 is 34.5 Å². The minimum Gasteiger partial charge on any atom is -0.456 e. The van der Waals surface area contributed by atoms with Crippen molar-refractivity contribution in [1.82, 2.24) is 4.90 Å². The van der Waals surface area contributed by atoms with Crippen LogP contribution in [0.3, 0.4) is 0 Å². The summed E-state index contributed by atoms with van der Waals surface area (Å²) in [5.74, 6) is 0.635. The van der Waals surface area contributed by atoms with Crippen LogP contribution in [0.4, 0.5) is 5.69 Å². The van der Waals surface area contributed by atoms with E-state index in [2.05, 4.69) is 4.72 Å². The molecule has 1 fully saturated rings. The van der Waals surface area contributed by atoms with Gasteiger partial charge >= 0.3 is 0 Å². The Labute approximate surface area is 235 Å². The zero-order valence-corrected chi connectivity index (χ0v) is 23.5. The number of ether oxygens (including phenoxy) is 1. The lowest BCUT2D eigenvalue weighted by Gasteiger charge is -2.23. The van der Waals surface area contributed by atoms with Crippen LogP contribution in [-0.4, -0.2) is 25.3 Å². The average Bonchev–Trinajstić information content (AvgIpc) is 3.65. The molecule has 3 aromatic carbocycles. The molecule has 38 heavy (non-hydrogen) atoms. The maximum Gasteiger partial charge on any atom is 0.261 e. The van der Waals surface area contributed by atoms with Gasteiger partial charge in [-0.05, 0) is 86.5 Å². The number of benzene rings is 3. The molecule has 0 spiro atoms. The number of thiophene rings is 1. The van der Waals surface area contributed by atoms with Gasteiger partial charge in [0.05, 0.1) is 27.7 Å². The molecule has 0 atom stereocenters. The van der Waals surface area contributed by atoms with E-state index >= 15 is 0 Å². The molecule has 0 saturated heterocycles. The molecule has 1 amide bonds. The van der Waals surface area contributed by atoms with Gasteiger partial charge in [0.15, 0.2) is 0 Å². The smallest absolute Gasteiger partial charge is 0.261 e. The number of carbonyl (C=O) groups excluding carboxylic acids is 1. The molecule has 0 aliphatic heterocycles. The lowest BCUT2D eigenvalue weighted by Crippen LogP contribution is -2.33. The molecule has 10 heteroatoms. The van der Waals surface area contributed by atoms with E-state index in [1.807, 2.05) is 19.1 Å². The van der Waals surface area contributed by atoms with Gasteiger partial charge in [0.1, 0.15) is 11.5 Å². The predicted molar refractivity (Wildman–Crippen MR) is 152 cm³/mol. The third-order valence-electron chi connectivity index (χ3n) is 6.03. The van der Waals surface area contributed by atoms with Gasteiger partial charge in [-0.1, -0.05) is 35.3 Å². The summed E-state index contributed by atoms with van der Waals surface area (Å²) in [5, 5.41) is 0.792. The van der Waals surface area contributed by atoms with Crippen LogP contribution in [0.1, 0.15) is 33.0 Å². The summed E-state index contributed by atoms with van der Waals surface area (Å²) in [6, 6.07) is 21.7. The first-order chi connectivity index (χ1) is 18.2. The van der Waals surface area contributed by atoms with Crippen LogP contribution < -0.4 is 9.46 Å². The number of rotatable bonds is 9. The van der Waals surface area contributed by atoms with E-state index in [1.54, 1.807) is 58.7 Å². The first-order valence-electron chi connectivity index (χ1n) is 11.9. The maximum absolute atomic E-state index is 13.7. The number of nitrogens with zero attached hydrogens (tertiary/aromatic N) is 1. The zero-order chi connectivity index (χ0) is 26.9. The van der Waals surface area contributed by atoms with E-state index in [9.17, 15) is 13.2 Å². The number of nitrogens with one attached hydrogen (secondary N) is 1. The molecule has 4 aromatic rings. The predicted octanol–water partition coefficient (Wildman–Crippen LogP) is 7.76. The first kappa shape index (κ1) is 26.6. The van der Waals surface area contributed by atoms with Gasteiger partial charge in [0, 0.05) is 20.8 Å². The molecule has 0 radical (unpaired) electrons. The Morgan fingerprint density at radius 3 is 2.42 bits per heavy atom. The highest BCUT2D eigenvalue weighted by molar-refractivity contribution is 7.92. The summed E-state index contributed by atoms with van der Waals surface area (Å²) in [7, 11) is -4.01.